The lowest BCUT2D eigenvalue weighted by molar-refractivity contribution is 0.0803. The van der Waals surface area contributed by atoms with Crippen LogP contribution in [-0.4, -0.2) is 55.4 Å². The summed E-state index contributed by atoms with van der Waals surface area (Å²) in [5, 5.41) is 13.2. The molecule has 2 heterocycles. The lowest BCUT2D eigenvalue weighted by Crippen LogP contribution is -2.38. The number of anilines is 1. The fraction of sp³-hybridized carbons (Fsp3) is 0.474. The number of aromatic nitrogens is 1. The van der Waals surface area contributed by atoms with Crippen LogP contribution in [0.25, 0.3) is 11.5 Å². The highest BCUT2D eigenvalue weighted by molar-refractivity contribution is 6.44. The average molecular weight is 462 g/mol. The Labute approximate surface area is 183 Å². The molecule has 0 bridgehead atoms. The van der Waals surface area contributed by atoms with Crippen molar-refractivity contribution in [2.45, 2.75) is 19.0 Å². The summed E-state index contributed by atoms with van der Waals surface area (Å²) in [6.45, 7) is 3.41. The first kappa shape index (κ1) is 22.1. The molecule has 0 amide bonds. The van der Waals surface area contributed by atoms with Crippen LogP contribution < -0.4 is 5.32 Å². The zero-order valence-corrected chi connectivity index (χ0v) is 17.8. The minimum Gasteiger partial charge on any atom is -0.419 e. The highest BCUT2D eigenvalue weighted by atomic mass is 35.5. The van der Waals surface area contributed by atoms with E-state index in [0.29, 0.717) is 49.9 Å². The normalized spacial score (nSPS) is 17.3. The SMILES string of the molecule is N#Cc1nc(-c2cc(Cl)cc(Cl)c2Cl)oc1NCCOCCN1CCCC(F)C1. The Bertz CT molecular complexity index is 887. The quantitative estimate of drug-likeness (QED) is 0.439. The van der Waals surface area contributed by atoms with Gasteiger partial charge in [0.25, 0.3) is 0 Å². The third-order valence-electron chi connectivity index (χ3n) is 4.49. The Morgan fingerprint density at radius 1 is 1.34 bits per heavy atom. The zero-order valence-electron chi connectivity index (χ0n) is 15.6. The van der Waals surface area contributed by atoms with Crippen LogP contribution in [0.15, 0.2) is 16.5 Å². The third-order valence-corrected chi connectivity index (χ3v) is 5.51. The van der Waals surface area contributed by atoms with E-state index < -0.39 is 6.17 Å². The molecule has 29 heavy (non-hydrogen) atoms. The van der Waals surface area contributed by atoms with Crippen molar-refractivity contribution in [3.8, 4) is 17.5 Å². The Hall–Kier alpha value is -1.56. The summed E-state index contributed by atoms with van der Waals surface area (Å²) in [5.74, 6) is 0.361. The predicted octanol–water partition coefficient (Wildman–Crippen LogP) is 5.04. The molecule has 1 aromatic carbocycles. The van der Waals surface area contributed by atoms with Crippen molar-refractivity contribution in [1.82, 2.24) is 9.88 Å². The van der Waals surface area contributed by atoms with Crippen LogP contribution in [0, 0.1) is 11.3 Å². The van der Waals surface area contributed by atoms with Crippen molar-refractivity contribution < 1.29 is 13.5 Å². The minimum atomic E-state index is -0.738. The van der Waals surface area contributed by atoms with Gasteiger partial charge in [-0.25, -0.2) is 4.39 Å². The van der Waals surface area contributed by atoms with Gasteiger partial charge in [0, 0.05) is 24.7 Å². The summed E-state index contributed by atoms with van der Waals surface area (Å²) >= 11 is 18.3. The summed E-state index contributed by atoms with van der Waals surface area (Å²) in [6.07, 6.45) is 0.794. The Kier molecular flexibility index (Phi) is 7.99. The van der Waals surface area contributed by atoms with Gasteiger partial charge in [-0.3, -0.25) is 4.90 Å². The van der Waals surface area contributed by atoms with E-state index in [1.54, 1.807) is 6.07 Å². The molecule has 156 valence electrons. The van der Waals surface area contributed by atoms with Crippen LogP contribution in [-0.2, 0) is 4.74 Å². The number of nitrogens with zero attached hydrogens (tertiary/aromatic N) is 3. The van der Waals surface area contributed by atoms with Crippen LogP contribution >= 0.6 is 34.8 Å². The molecule has 1 saturated heterocycles. The van der Waals surface area contributed by atoms with Gasteiger partial charge in [0.1, 0.15) is 12.2 Å². The molecule has 0 aliphatic carbocycles. The van der Waals surface area contributed by atoms with Gasteiger partial charge in [-0.05, 0) is 31.5 Å². The third kappa shape index (κ3) is 5.97. The van der Waals surface area contributed by atoms with Gasteiger partial charge in [-0.1, -0.05) is 34.8 Å². The van der Waals surface area contributed by atoms with Gasteiger partial charge in [0.2, 0.25) is 17.5 Å². The number of likely N-dealkylation sites (tertiary alicyclic amines) is 1. The lowest BCUT2D eigenvalue weighted by Gasteiger charge is -2.28. The summed E-state index contributed by atoms with van der Waals surface area (Å²) < 4.78 is 24.6. The first-order valence-corrected chi connectivity index (χ1v) is 10.3. The number of nitriles is 1. The summed E-state index contributed by atoms with van der Waals surface area (Å²) in [6, 6.07) is 5.05. The van der Waals surface area contributed by atoms with Gasteiger partial charge < -0.3 is 14.5 Å². The minimum absolute atomic E-state index is 0.0921. The molecule has 6 nitrogen and oxygen atoms in total. The van der Waals surface area contributed by atoms with E-state index in [-0.39, 0.29) is 27.5 Å². The smallest absolute Gasteiger partial charge is 0.232 e. The molecular weight excluding hydrogens is 442 g/mol. The van der Waals surface area contributed by atoms with E-state index in [1.807, 2.05) is 6.07 Å². The average Bonchev–Trinajstić information content (AvgIpc) is 3.10. The number of piperidine rings is 1. The molecular formula is C19H20Cl3FN4O2. The molecule has 3 rings (SSSR count). The van der Waals surface area contributed by atoms with Crippen LogP contribution in [0.3, 0.4) is 0 Å². The maximum Gasteiger partial charge on any atom is 0.232 e. The Morgan fingerprint density at radius 3 is 2.93 bits per heavy atom. The number of hydrogen-bond acceptors (Lipinski definition) is 6. The van der Waals surface area contributed by atoms with Crippen LogP contribution in [0.5, 0.6) is 0 Å². The Balaban J connectivity index is 1.51. The number of rotatable bonds is 8. The predicted molar refractivity (Wildman–Crippen MR) is 112 cm³/mol. The lowest BCUT2D eigenvalue weighted by atomic mass is 10.1. The number of hydrogen-bond donors (Lipinski definition) is 1. The van der Waals surface area contributed by atoms with Gasteiger partial charge in [0.05, 0.1) is 28.8 Å². The molecule has 2 aromatic rings. The number of oxazole rings is 1. The molecule has 1 aliphatic heterocycles. The number of alkyl halides is 1. The molecule has 1 aromatic heterocycles. The molecule has 1 fully saturated rings. The second-order valence-corrected chi connectivity index (χ2v) is 7.86. The maximum atomic E-state index is 13.4. The van der Waals surface area contributed by atoms with Crippen LogP contribution in [0.2, 0.25) is 15.1 Å². The number of benzene rings is 1. The fourth-order valence-corrected chi connectivity index (χ4v) is 3.76. The standard InChI is InChI=1S/C19H20Cl3FN4O2/c20-12-8-14(17(22)15(21)9-12)18-26-16(10-24)19(29-18)25-3-6-28-7-5-27-4-1-2-13(23)11-27/h8-9,13,25H,1-7,11H2. The topological polar surface area (TPSA) is 74.3 Å². The van der Waals surface area contributed by atoms with E-state index in [2.05, 4.69) is 15.2 Å². The number of ether oxygens (including phenoxy) is 1. The fourth-order valence-electron chi connectivity index (χ4n) is 3.08. The number of halogens is 4. The molecule has 0 saturated carbocycles. The highest BCUT2D eigenvalue weighted by Gasteiger charge is 2.19. The van der Waals surface area contributed by atoms with Gasteiger partial charge >= 0.3 is 0 Å². The second kappa shape index (κ2) is 10.5. The van der Waals surface area contributed by atoms with E-state index >= 15 is 0 Å². The number of nitrogens with one attached hydrogen (secondary N) is 1. The van der Waals surface area contributed by atoms with Crippen LogP contribution in [0.4, 0.5) is 10.3 Å². The Morgan fingerprint density at radius 2 is 2.17 bits per heavy atom. The van der Waals surface area contributed by atoms with Crippen molar-refractivity contribution >= 4 is 40.7 Å². The van der Waals surface area contributed by atoms with E-state index in [9.17, 15) is 9.65 Å². The van der Waals surface area contributed by atoms with Gasteiger partial charge in [-0.2, -0.15) is 10.2 Å². The van der Waals surface area contributed by atoms with E-state index in [0.717, 1.165) is 13.0 Å². The maximum absolute atomic E-state index is 13.4. The second-order valence-electron chi connectivity index (χ2n) is 6.64. The molecule has 0 radical (unpaired) electrons. The molecule has 1 N–H and O–H groups in total. The molecule has 1 unspecified atom stereocenters. The molecule has 0 spiro atoms. The van der Waals surface area contributed by atoms with Crippen molar-refractivity contribution in [2.24, 2.45) is 0 Å². The summed E-state index contributed by atoms with van der Waals surface area (Å²) in [4.78, 5) is 6.22. The molecule has 1 aliphatic rings. The zero-order chi connectivity index (χ0) is 20.8. The summed E-state index contributed by atoms with van der Waals surface area (Å²) in [5.41, 5.74) is 0.493. The van der Waals surface area contributed by atoms with Gasteiger partial charge in [0.15, 0.2) is 0 Å². The monoisotopic (exact) mass is 460 g/mol. The van der Waals surface area contributed by atoms with Crippen LogP contribution in [0.1, 0.15) is 18.5 Å². The molecule has 10 heteroatoms. The largest absolute Gasteiger partial charge is 0.419 e. The van der Waals surface area contributed by atoms with Gasteiger partial charge in [-0.15, -0.1) is 0 Å². The van der Waals surface area contributed by atoms with Crippen molar-refractivity contribution in [3.05, 3.63) is 32.9 Å². The van der Waals surface area contributed by atoms with E-state index in [1.165, 1.54) is 6.07 Å². The highest BCUT2D eigenvalue weighted by Crippen LogP contribution is 2.37. The van der Waals surface area contributed by atoms with E-state index in [4.69, 9.17) is 44.0 Å². The first-order valence-electron chi connectivity index (χ1n) is 9.22. The van der Waals surface area contributed by atoms with Crippen molar-refractivity contribution in [1.29, 1.82) is 5.26 Å². The molecule has 1 atom stereocenters. The van der Waals surface area contributed by atoms with Crippen molar-refractivity contribution in [2.75, 3.05) is 44.7 Å². The first-order chi connectivity index (χ1) is 14.0. The van der Waals surface area contributed by atoms with Crippen molar-refractivity contribution in [3.63, 3.8) is 0 Å². The summed E-state index contributed by atoms with van der Waals surface area (Å²) in [7, 11) is 0.